The van der Waals surface area contributed by atoms with Gasteiger partial charge in [-0.2, -0.15) is 0 Å². The standard InChI is InChI=1S/C27H27N3O3/c1-18-12-23(19(2)30(18)14-20-8-9-26-27(13-20)33-17-32-26)25(31)16-29(3)15-21-10-11-28-24-7-5-4-6-22(21)24/h4-13H,14-17H2,1-3H3. The number of Topliss-reactive ketones (excluding diaryl/α,β-unsaturated/α-hetero) is 1. The number of pyridine rings is 1. The van der Waals surface area contributed by atoms with E-state index >= 15 is 0 Å². The Kier molecular flexibility index (Phi) is 5.60. The van der Waals surface area contributed by atoms with Gasteiger partial charge in [-0.25, -0.2) is 0 Å². The summed E-state index contributed by atoms with van der Waals surface area (Å²) in [5.41, 5.74) is 6.08. The first-order valence-electron chi connectivity index (χ1n) is 11.1. The summed E-state index contributed by atoms with van der Waals surface area (Å²) in [5, 5.41) is 1.13. The number of para-hydroxylation sites is 1. The van der Waals surface area contributed by atoms with E-state index < -0.39 is 0 Å². The third-order valence-electron chi connectivity index (χ3n) is 6.24. The highest BCUT2D eigenvalue weighted by Gasteiger charge is 2.19. The van der Waals surface area contributed by atoms with E-state index in [1.54, 1.807) is 0 Å². The zero-order valence-electron chi connectivity index (χ0n) is 19.2. The minimum atomic E-state index is 0.126. The molecular weight excluding hydrogens is 414 g/mol. The highest BCUT2D eigenvalue weighted by Crippen LogP contribution is 2.33. The Balaban J connectivity index is 1.30. The first-order chi connectivity index (χ1) is 16.0. The smallest absolute Gasteiger partial charge is 0.231 e. The number of benzene rings is 2. The fraction of sp³-hybridized carbons (Fsp3) is 0.259. The van der Waals surface area contributed by atoms with E-state index in [1.807, 2.05) is 75.6 Å². The maximum atomic E-state index is 13.2. The average molecular weight is 442 g/mol. The van der Waals surface area contributed by atoms with Crippen LogP contribution in [0.5, 0.6) is 11.5 Å². The van der Waals surface area contributed by atoms with Crippen LogP contribution < -0.4 is 9.47 Å². The van der Waals surface area contributed by atoms with E-state index in [0.29, 0.717) is 19.6 Å². The number of aromatic nitrogens is 2. The molecule has 0 atom stereocenters. The largest absolute Gasteiger partial charge is 0.454 e. The Morgan fingerprint density at radius 2 is 1.88 bits per heavy atom. The predicted molar refractivity (Wildman–Crippen MR) is 128 cm³/mol. The van der Waals surface area contributed by atoms with Crippen molar-refractivity contribution in [2.45, 2.75) is 26.9 Å². The molecule has 6 heteroatoms. The van der Waals surface area contributed by atoms with Gasteiger partial charge in [0, 0.05) is 41.6 Å². The summed E-state index contributed by atoms with van der Waals surface area (Å²) in [6, 6.07) is 18.1. The van der Waals surface area contributed by atoms with Crippen LogP contribution in [0.1, 0.15) is 32.9 Å². The number of aryl methyl sites for hydroxylation is 1. The third kappa shape index (κ3) is 4.22. The number of carbonyl (C=O) groups excluding carboxylic acids is 1. The van der Waals surface area contributed by atoms with Gasteiger partial charge in [0.05, 0.1) is 12.1 Å². The topological polar surface area (TPSA) is 56.6 Å². The normalized spacial score (nSPS) is 12.6. The van der Waals surface area contributed by atoms with Gasteiger partial charge in [-0.3, -0.25) is 14.7 Å². The molecular formula is C27H27N3O3. The van der Waals surface area contributed by atoms with E-state index in [2.05, 4.69) is 20.5 Å². The van der Waals surface area contributed by atoms with Crippen LogP contribution in [0.2, 0.25) is 0 Å². The molecule has 33 heavy (non-hydrogen) atoms. The molecule has 1 aliphatic heterocycles. The van der Waals surface area contributed by atoms with Crippen LogP contribution in [0.25, 0.3) is 10.9 Å². The second kappa shape index (κ2) is 8.71. The lowest BCUT2D eigenvalue weighted by molar-refractivity contribution is 0.0942. The molecule has 5 rings (SSSR count). The maximum absolute atomic E-state index is 13.2. The fourth-order valence-electron chi connectivity index (χ4n) is 4.52. The van der Waals surface area contributed by atoms with E-state index in [1.165, 1.54) is 5.56 Å². The van der Waals surface area contributed by atoms with Crippen molar-refractivity contribution in [3.63, 3.8) is 0 Å². The molecule has 0 radical (unpaired) electrons. The number of hydrogen-bond donors (Lipinski definition) is 0. The summed E-state index contributed by atoms with van der Waals surface area (Å²) in [7, 11) is 1.99. The Morgan fingerprint density at radius 3 is 2.76 bits per heavy atom. The number of hydrogen-bond acceptors (Lipinski definition) is 5. The van der Waals surface area contributed by atoms with Crippen LogP contribution in [0.3, 0.4) is 0 Å². The number of fused-ring (bicyclic) bond motifs is 2. The highest BCUT2D eigenvalue weighted by atomic mass is 16.7. The van der Waals surface area contributed by atoms with Crippen LogP contribution in [0, 0.1) is 13.8 Å². The second-order valence-electron chi connectivity index (χ2n) is 8.64. The van der Waals surface area contributed by atoms with Crippen LogP contribution in [-0.4, -0.2) is 40.6 Å². The molecule has 2 aromatic heterocycles. The van der Waals surface area contributed by atoms with E-state index in [9.17, 15) is 4.79 Å². The number of carbonyl (C=O) groups is 1. The Morgan fingerprint density at radius 1 is 1.06 bits per heavy atom. The lowest BCUT2D eigenvalue weighted by Gasteiger charge is -2.17. The molecule has 1 aliphatic rings. The van der Waals surface area contributed by atoms with Gasteiger partial charge in [0.2, 0.25) is 6.79 Å². The first kappa shape index (κ1) is 21.2. The molecule has 0 saturated heterocycles. The van der Waals surface area contributed by atoms with Crippen molar-refractivity contribution in [2.24, 2.45) is 0 Å². The van der Waals surface area contributed by atoms with Crippen LogP contribution in [0.15, 0.2) is 60.8 Å². The van der Waals surface area contributed by atoms with Gasteiger partial charge >= 0.3 is 0 Å². The van der Waals surface area contributed by atoms with Gasteiger partial charge in [-0.1, -0.05) is 24.3 Å². The quantitative estimate of drug-likeness (QED) is 0.388. The zero-order valence-corrected chi connectivity index (χ0v) is 19.2. The van der Waals surface area contributed by atoms with Crippen molar-refractivity contribution >= 4 is 16.7 Å². The lowest BCUT2D eigenvalue weighted by Crippen LogP contribution is -2.26. The van der Waals surface area contributed by atoms with E-state index in [0.717, 1.165) is 44.9 Å². The summed E-state index contributed by atoms with van der Waals surface area (Å²) in [6.45, 7) is 6.05. The number of nitrogens with zero attached hydrogens (tertiary/aromatic N) is 3. The van der Waals surface area contributed by atoms with Crippen molar-refractivity contribution in [1.29, 1.82) is 0 Å². The Bertz CT molecular complexity index is 1340. The molecule has 0 fully saturated rings. The number of ketones is 1. The van der Waals surface area contributed by atoms with Gasteiger partial charge in [0.15, 0.2) is 17.3 Å². The van der Waals surface area contributed by atoms with Crippen molar-refractivity contribution in [3.05, 3.63) is 88.9 Å². The van der Waals surface area contributed by atoms with Crippen LogP contribution in [-0.2, 0) is 13.1 Å². The summed E-state index contributed by atoms with van der Waals surface area (Å²) in [4.78, 5) is 19.7. The molecule has 168 valence electrons. The first-order valence-corrected chi connectivity index (χ1v) is 11.1. The summed E-state index contributed by atoms with van der Waals surface area (Å²) in [5.74, 6) is 1.68. The van der Waals surface area contributed by atoms with Crippen molar-refractivity contribution in [3.8, 4) is 11.5 Å². The molecule has 0 N–H and O–H groups in total. The third-order valence-corrected chi connectivity index (χ3v) is 6.24. The summed E-state index contributed by atoms with van der Waals surface area (Å²) in [6.07, 6.45) is 1.83. The van der Waals surface area contributed by atoms with Crippen molar-refractivity contribution in [2.75, 3.05) is 20.4 Å². The minimum Gasteiger partial charge on any atom is -0.454 e. The molecule has 0 spiro atoms. The highest BCUT2D eigenvalue weighted by molar-refractivity contribution is 5.99. The molecule has 0 aliphatic carbocycles. The Labute approximate surface area is 193 Å². The molecule has 4 aromatic rings. The van der Waals surface area contributed by atoms with Gasteiger partial charge in [0.1, 0.15) is 0 Å². The fourth-order valence-corrected chi connectivity index (χ4v) is 4.52. The molecule has 0 amide bonds. The monoisotopic (exact) mass is 441 g/mol. The second-order valence-corrected chi connectivity index (χ2v) is 8.64. The number of ether oxygens (including phenoxy) is 2. The summed E-state index contributed by atoms with van der Waals surface area (Å²) >= 11 is 0. The van der Waals surface area contributed by atoms with E-state index in [4.69, 9.17) is 9.47 Å². The van der Waals surface area contributed by atoms with Crippen molar-refractivity contribution < 1.29 is 14.3 Å². The molecule has 0 saturated carbocycles. The van der Waals surface area contributed by atoms with Gasteiger partial charge in [-0.15, -0.1) is 0 Å². The summed E-state index contributed by atoms with van der Waals surface area (Å²) < 4.78 is 13.1. The predicted octanol–water partition coefficient (Wildman–Crippen LogP) is 4.74. The molecule has 6 nitrogen and oxygen atoms in total. The van der Waals surface area contributed by atoms with Crippen LogP contribution in [0.4, 0.5) is 0 Å². The molecule has 3 heterocycles. The van der Waals surface area contributed by atoms with E-state index in [-0.39, 0.29) is 12.6 Å². The SMILES string of the molecule is Cc1cc(C(=O)CN(C)Cc2ccnc3ccccc23)c(C)n1Cc1ccc2c(c1)OCO2. The molecule has 0 bridgehead atoms. The van der Waals surface area contributed by atoms with Crippen LogP contribution >= 0.6 is 0 Å². The van der Waals surface area contributed by atoms with Gasteiger partial charge < -0.3 is 14.0 Å². The maximum Gasteiger partial charge on any atom is 0.231 e. The average Bonchev–Trinajstić information content (AvgIpc) is 3.39. The zero-order chi connectivity index (χ0) is 22.9. The van der Waals surface area contributed by atoms with Gasteiger partial charge in [0.25, 0.3) is 0 Å². The van der Waals surface area contributed by atoms with Gasteiger partial charge in [-0.05, 0) is 62.4 Å². The Hall–Kier alpha value is -3.64. The van der Waals surface area contributed by atoms with Crippen molar-refractivity contribution in [1.82, 2.24) is 14.5 Å². The number of rotatable bonds is 7. The lowest BCUT2D eigenvalue weighted by atomic mass is 10.1. The molecule has 2 aromatic carbocycles. The minimum absolute atomic E-state index is 0.126. The molecule has 0 unspecified atom stereocenters. The number of likely N-dealkylation sites (N-methyl/N-ethyl adjacent to an activating group) is 1.